The van der Waals surface area contributed by atoms with Crippen LogP contribution in [0.5, 0.6) is 0 Å². The lowest BCUT2D eigenvalue weighted by Crippen LogP contribution is -2.30. The van der Waals surface area contributed by atoms with Gasteiger partial charge in [0.25, 0.3) is 0 Å². The van der Waals surface area contributed by atoms with E-state index in [0.29, 0.717) is 12.8 Å². The third-order valence-electron chi connectivity index (χ3n) is 13.9. The molecule has 0 N–H and O–H groups in total. The molecule has 0 spiro atoms. The number of unbranched alkanes of at least 4 members (excludes halogenated alkanes) is 26. The van der Waals surface area contributed by atoms with Gasteiger partial charge in [-0.05, 0) is 128 Å². The summed E-state index contributed by atoms with van der Waals surface area (Å²) in [5, 5.41) is 0. The molecule has 6 heteroatoms. The van der Waals surface area contributed by atoms with Gasteiger partial charge in [0.2, 0.25) is 0 Å². The van der Waals surface area contributed by atoms with Crippen molar-refractivity contribution in [2.45, 2.75) is 303 Å². The zero-order valence-electron chi connectivity index (χ0n) is 52.0. The Morgan fingerprint density at radius 2 is 0.487 bits per heavy atom. The first-order chi connectivity index (χ1) is 39.5. The molecule has 454 valence electrons. The number of hydrogen-bond acceptors (Lipinski definition) is 6. The zero-order chi connectivity index (χ0) is 57.8. The van der Waals surface area contributed by atoms with E-state index in [9.17, 15) is 14.4 Å². The highest BCUT2D eigenvalue weighted by atomic mass is 16.6. The largest absolute Gasteiger partial charge is 0.462 e. The third-order valence-corrected chi connectivity index (χ3v) is 13.9. The maximum Gasteiger partial charge on any atom is 0.306 e. The van der Waals surface area contributed by atoms with Crippen molar-refractivity contribution in [3.63, 3.8) is 0 Å². The quantitative estimate of drug-likeness (QED) is 0.0261. The molecule has 0 saturated heterocycles. The lowest BCUT2D eigenvalue weighted by Gasteiger charge is -2.18. The maximum absolute atomic E-state index is 12.9. The highest BCUT2D eigenvalue weighted by molar-refractivity contribution is 5.71. The first kappa shape index (κ1) is 75.5. The van der Waals surface area contributed by atoms with E-state index in [0.717, 1.165) is 148 Å². The Morgan fingerprint density at radius 3 is 0.787 bits per heavy atom. The Balaban J connectivity index is 4.18. The van der Waals surface area contributed by atoms with Gasteiger partial charge >= 0.3 is 17.9 Å². The molecule has 0 saturated carbocycles. The fraction of sp³-hybridized carbons (Fsp3) is 0.662. The second-order valence-corrected chi connectivity index (χ2v) is 21.6. The second-order valence-electron chi connectivity index (χ2n) is 21.6. The summed E-state index contributed by atoms with van der Waals surface area (Å²) < 4.78 is 16.9. The number of rotatable bonds is 59. The van der Waals surface area contributed by atoms with Crippen LogP contribution >= 0.6 is 0 Å². The van der Waals surface area contributed by atoms with Crippen LogP contribution in [0.2, 0.25) is 0 Å². The number of ether oxygens (including phenoxy) is 3. The molecule has 0 radical (unpaired) electrons. The average Bonchev–Trinajstić information content (AvgIpc) is 3.46. The Kier molecular flexibility index (Phi) is 63.3. The fourth-order valence-corrected chi connectivity index (χ4v) is 8.97. The minimum absolute atomic E-state index is 0.0951. The van der Waals surface area contributed by atoms with Crippen molar-refractivity contribution in [2.75, 3.05) is 13.2 Å². The molecule has 6 nitrogen and oxygen atoms in total. The molecule has 0 aliphatic rings. The molecule has 0 aliphatic heterocycles. The number of allylic oxidation sites excluding steroid dienone is 22. The first-order valence-corrected chi connectivity index (χ1v) is 33.2. The van der Waals surface area contributed by atoms with Crippen LogP contribution in [0.1, 0.15) is 297 Å². The molecule has 0 aromatic carbocycles. The van der Waals surface area contributed by atoms with Crippen molar-refractivity contribution >= 4 is 17.9 Å². The van der Waals surface area contributed by atoms with Gasteiger partial charge in [-0.15, -0.1) is 0 Å². The van der Waals surface area contributed by atoms with Crippen LogP contribution in [-0.2, 0) is 28.6 Å². The third kappa shape index (κ3) is 64.4. The predicted molar refractivity (Wildman–Crippen MR) is 348 cm³/mol. The molecule has 80 heavy (non-hydrogen) atoms. The van der Waals surface area contributed by atoms with Crippen LogP contribution in [-0.4, -0.2) is 37.2 Å². The number of carbonyl (C=O) groups excluding carboxylic acids is 3. The smallest absolute Gasteiger partial charge is 0.306 e. The monoisotopic (exact) mass is 1110 g/mol. The van der Waals surface area contributed by atoms with Crippen LogP contribution in [0.15, 0.2) is 134 Å². The summed E-state index contributed by atoms with van der Waals surface area (Å²) in [6.07, 6.45) is 94.9. The SMILES string of the molecule is CC/C=C\C/C=C\C/C=C\C/C=C\C/C=C\CCCCCCCCCCCCCCCCCCCC(=O)OCC(COC(=O)CCCCCCC/C=C\CCC)OC(=O)CCCCC/C=C\C/C=C\C/C=C\C/C=C\C/C=C\CC. The molecule has 0 aromatic rings. The van der Waals surface area contributed by atoms with Crippen molar-refractivity contribution < 1.29 is 28.6 Å². The Hall–Kier alpha value is -4.45. The van der Waals surface area contributed by atoms with Crippen molar-refractivity contribution in [3.05, 3.63) is 134 Å². The number of carbonyl (C=O) groups is 3. The Bertz CT molecular complexity index is 1700. The fourth-order valence-electron chi connectivity index (χ4n) is 8.97. The first-order valence-electron chi connectivity index (χ1n) is 33.2. The summed E-state index contributed by atoms with van der Waals surface area (Å²) in [6.45, 7) is 6.33. The molecule has 0 heterocycles. The van der Waals surface area contributed by atoms with E-state index in [-0.39, 0.29) is 37.5 Å². The van der Waals surface area contributed by atoms with Crippen LogP contribution in [0.25, 0.3) is 0 Å². The van der Waals surface area contributed by atoms with Gasteiger partial charge in [-0.1, -0.05) is 283 Å². The van der Waals surface area contributed by atoms with E-state index < -0.39 is 6.10 Å². The molecule has 1 unspecified atom stereocenters. The summed E-state index contributed by atoms with van der Waals surface area (Å²) in [5.74, 6) is -0.935. The Labute approximate surface area is 494 Å². The van der Waals surface area contributed by atoms with Gasteiger partial charge in [0.05, 0.1) is 0 Å². The van der Waals surface area contributed by atoms with Crippen molar-refractivity contribution in [1.29, 1.82) is 0 Å². The van der Waals surface area contributed by atoms with Gasteiger partial charge in [-0.3, -0.25) is 14.4 Å². The van der Waals surface area contributed by atoms with Crippen LogP contribution < -0.4 is 0 Å². The molecule has 0 aromatic heterocycles. The molecular formula is C74H122O6. The molecule has 0 bridgehead atoms. The maximum atomic E-state index is 12.9. The summed E-state index contributed by atoms with van der Waals surface area (Å²) >= 11 is 0. The molecule has 0 aliphatic carbocycles. The lowest BCUT2D eigenvalue weighted by atomic mass is 10.0. The summed E-state index contributed by atoms with van der Waals surface area (Å²) in [4.78, 5) is 38.2. The topological polar surface area (TPSA) is 78.9 Å². The highest BCUT2D eigenvalue weighted by Gasteiger charge is 2.19. The second kappa shape index (κ2) is 67.1. The highest BCUT2D eigenvalue weighted by Crippen LogP contribution is 2.16. The van der Waals surface area contributed by atoms with Gasteiger partial charge in [0, 0.05) is 19.3 Å². The van der Waals surface area contributed by atoms with E-state index in [2.05, 4.69) is 154 Å². The van der Waals surface area contributed by atoms with E-state index in [1.165, 1.54) is 109 Å². The standard InChI is InChI=1S/C74H122O6/c1-4-7-10-13-16-19-22-24-26-28-30-31-32-33-34-35-36-37-38-39-40-41-42-43-45-46-48-50-52-55-58-61-64-67-73(76)79-70-71(69-78-72(75)66-63-60-57-54-21-18-15-12-9-6-3)80-74(77)68-65-62-59-56-53-51-49-47-44-29-27-25-23-20-17-14-11-8-5-2/h7-8,10-12,15-17,19-20,24-27,30-31,33-34,44,47,51,53,71H,4-6,9,13-14,18,21-23,28-29,32,35-43,45-46,48-50,52,54-70H2,1-3H3/b10-7-,11-8-,15-12-,19-16-,20-17-,26-24-,27-25-,31-30-,34-33-,47-44-,53-51-. The number of hydrogen-bond donors (Lipinski definition) is 0. The van der Waals surface area contributed by atoms with Gasteiger partial charge in [0.1, 0.15) is 13.2 Å². The molecule has 0 fully saturated rings. The van der Waals surface area contributed by atoms with E-state index in [1.807, 2.05) is 0 Å². The average molecular weight is 1110 g/mol. The van der Waals surface area contributed by atoms with Gasteiger partial charge in [-0.2, -0.15) is 0 Å². The van der Waals surface area contributed by atoms with Gasteiger partial charge in [0.15, 0.2) is 6.10 Å². The van der Waals surface area contributed by atoms with Crippen LogP contribution in [0.3, 0.4) is 0 Å². The zero-order valence-corrected chi connectivity index (χ0v) is 52.0. The van der Waals surface area contributed by atoms with E-state index >= 15 is 0 Å². The molecule has 0 amide bonds. The Morgan fingerprint density at radius 1 is 0.263 bits per heavy atom. The summed E-state index contributed by atoms with van der Waals surface area (Å²) in [7, 11) is 0. The van der Waals surface area contributed by atoms with Crippen LogP contribution in [0, 0.1) is 0 Å². The number of esters is 3. The summed E-state index contributed by atoms with van der Waals surface area (Å²) in [5.41, 5.74) is 0. The lowest BCUT2D eigenvalue weighted by molar-refractivity contribution is -0.167. The van der Waals surface area contributed by atoms with Crippen molar-refractivity contribution in [3.8, 4) is 0 Å². The molecule has 1 atom stereocenters. The van der Waals surface area contributed by atoms with Gasteiger partial charge in [-0.25, -0.2) is 0 Å². The predicted octanol–water partition coefficient (Wildman–Crippen LogP) is 22.9. The van der Waals surface area contributed by atoms with E-state index in [4.69, 9.17) is 14.2 Å². The minimum Gasteiger partial charge on any atom is -0.462 e. The van der Waals surface area contributed by atoms with E-state index in [1.54, 1.807) is 0 Å². The van der Waals surface area contributed by atoms with Crippen molar-refractivity contribution in [1.82, 2.24) is 0 Å². The summed E-state index contributed by atoms with van der Waals surface area (Å²) in [6, 6.07) is 0. The van der Waals surface area contributed by atoms with Crippen LogP contribution in [0.4, 0.5) is 0 Å². The minimum atomic E-state index is -0.801. The van der Waals surface area contributed by atoms with Gasteiger partial charge < -0.3 is 14.2 Å². The normalized spacial score (nSPS) is 13.0. The van der Waals surface area contributed by atoms with Crippen molar-refractivity contribution in [2.24, 2.45) is 0 Å². The molecule has 0 rings (SSSR count). The molecular weight excluding hydrogens is 985 g/mol.